The Bertz CT molecular complexity index is 334. The molecular formula is C11H17NO4. The molecule has 0 saturated heterocycles. The van der Waals surface area contributed by atoms with Gasteiger partial charge >= 0.3 is 5.97 Å². The number of carbonyl (C=O) groups is 1. The van der Waals surface area contributed by atoms with Crippen LogP contribution in [-0.4, -0.2) is 30.8 Å². The number of esters is 1. The van der Waals surface area contributed by atoms with Crippen LogP contribution >= 0.6 is 0 Å². The van der Waals surface area contributed by atoms with Crippen molar-refractivity contribution in [1.29, 1.82) is 0 Å². The van der Waals surface area contributed by atoms with Crippen molar-refractivity contribution in [3.63, 3.8) is 0 Å². The molecule has 0 aliphatic heterocycles. The van der Waals surface area contributed by atoms with Crippen molar-refractivity contribution in [2.75, 3.05) is 13.7 Å². The van der Waals surface area contributed by atoms with Gasteiger partial charge in [0, 0.05) is 12.6 Å². The molecule has 0 bridgehead atoms. The van der Waals surface area contributed by atoms with Crippen LogP contribution in [0.5, 0.6) is 0 Å². The van der Waals surface area contributed by atoms with Crippen LogP contribution in [0.2, 0.25) is 0 Å². The molecule has 0 unspecified atom stereocenters. The Morgan fingerprint density at radius 2 is 2.38 bits per heavy atom. The van der Waals surface area contributed by atoms with Gasteiger partial charge in [0.05, 0.1) is 13.7 Å². The Kier molecular flexibility index (Phi) is 5.01. The molecule has 0 spiro atoms. The zero-order chi connectivity index (χ0) is 12.0. The lowest BCUT2D eigenvalue weighted by Crippen LogP contribution is -2.26. The first-order chi connectivity index (χ1) is 7.67. The fraction of sp³-hybridized carbons (Fsp3) is 0.545. The fourth-order valence-corrected chi connectivity index (χ4v) is 1.25. The molecule has 5 nitrogen and oxygen atoms in total. The average Bonchev–Trinajstić information content (AvgIpc) is 2.74. The summed E-state index contributed by atoms with van der Waals surface area (Å²) in [5, 5.41) is 11.9. The van der Waals surface area contributed by atoms with Crippen LogP contribution < -0.4 is 5.32 Å². The second-order valence-electron chi connectivity index (χ2n) is 3.55. The van der Waals surface area contributed by atoms with Gasteiger partial charge in [-0.1, -0.05) is 0 Å². The van der Waals surface area contributed by atoms with Crippen LogP contribution in [0.4, 0.5) is 0 Å². The van der Waals surface area contributed by atoms with E-state index in [0.29, 0.717) is 18.7 Å². The third-order valence-electron chi connectivity index (χ3n) is 2.24. The van der Waals surface area contributed by atoms with Gasteiger partial charge in [-0.05, 0) is 25.5 Å². The first-order valence-corrected chi connectivity index (χ1v) is 5.18. The molecule has 16 heavy (non-hydrogen) atoms. The minimum atomic E-state index is -0.477. The summed E-state index contributed by atoms with van der Waals surface area (Å²) in [6.45, 7) is 2.65. The molecule has 1 aromatic heterocycles. The highest BCUT2D eigenvalue weighted by Crippen LogP contribution is 2.09. The predicted octanol–water partition coefficient (Wildman–Crippen LogP) is 0.927. The summed E-state index contributed by atoms with van der Waals surface area (Å²) in [5.74, 6) is 0.397. The highest BCUT2D eigenvalue weighted by molar-refractivity contribution is 5.86. The number of hydrogen-bond donors (Lipinski definition) is 2. The minimum Gasteiger partial charge on any atom is -0.463 e. The van der Waals surface area contributed by atoms with Crippen LogP contribution in [0.1, 0.15) is 29.7 Å². The van der Waals surface area contributed by atoms with Crippen LogP contribution in [0.15, 0.2) is 16.5 Å². The average molecular weight is 227 g/mol. The quantitative estimate of drug-likeness (QED) is 0.707. The predicted molar refractivity (Wildman–Crippen MR) is 58.1 cm³/mol. The first-order valence-electron chi connectivity index (χ1n) is 5.18. The van der Waals surface area contributed by atoms with E-state index in [4.69, 9.17) is 9.52 Å². The topological polar surface area (TPSA) is 71.7 Å². The summed E-state index contributed by atoms with van der Waals surface area (Å²) in [4.78, 5) is 11.1. The van der Waals surface area contributed by atoms with E-state index in [1.807, 2.05) is 6.92 Å². The Morgan fingerprint density at radius 1 is 1.62 bits per heavy atom. The lowest BCUT2D eigenvalue weighted by Gasteiger charge is -2.10. The van der Waals surface area contributed by atoms with E-state index in [1.165, 1.54) is 7.11 Å². The van der Waals surface area contributed by atoms with Gasteiger partial charge in [-0.2, -0.15) is 0 Å². The first kappa shape index (κ1) is 12.7. The van der Waals surface area contributed by atoms with Gasteiger partial charge in [-0.25, -0.2) is 4.79 Å². The molecule has 0 amide bonds. The number of methoxy groups -OCH3 is 1. The maximum absolute atomic E-state index is 11.1. The monoisotopic (exact) mass is 227 g/mol. The number of aliphatic hydroxyl groups is 1. The maximum Gasteiger partial charge on any atom is 0.373 e. The van der Waals surface area contributed by atoms with Gasteiger partial charge in [0.1, 0.15) is 5.76 Å². The van der Waals surface area contributed by atoms with Crippen molar-refractivity contribution >= 4 is 5.97 Å². The molecule has 0 fully saturated rings. The van der Waals surface area contributed by atoms with E-state index in [-0.39, 0.29) is 18.4 Å². The molecule has 1 heterocycles. The number of carbonyl (C=O) groups excluding carboxylic acids is 1. The van der Waals surface area contributed by atoms with Crippen LogP contribution in [0.3, 0.4) is 0 Å². The molecular weight excluding hydrogens is 210 g/mol. The summed E-state index contributed by atoms with van der Waals surface area (Å²) in [7, 11) is 1.31. The van der Waals surface area contributed by atoms with E-state index in [1.54, 1.807) is 12.1 Å². The van der Waals surface area contributed by atoms with Crippen LogP contribution in [0, 0.1) is 0 Å². The minimum absolute atomic E-state index is 0.153. The van der Waals surface area contributed by atoms with E-state index in [2.05, 4.69) is 10.1 Å². The number of aliphatic hydroxyl groups excluding tert-OH is 1. The van der Waals surface area contributed by atoms with Crippen molar-refractivity contribution in [3.05, 3.63) is 23.7 Å². The molecule has 0 aliphatic carbocycles. The zero-order valence-corrected chi connectivity index (χ0v) is 9.53. The number of hydrogen-bond acceptors (Lipinski definition) is 5. The summed E-state index contributed by atoms with van der Waals surface area (Å²) < 4.78 is 9.79. The second kappa shape index (κ2) is 6.30. The number of ether oxygens (including phenoxy) is 1. The molecule has 1 rings (SSSR count). The van der Waals surface area contributed by atoms with Crippen molar-refractivity contribution in [1.82, 2.24) is 5.32 Å². The fourth-order valence-electron chi connectivity index (χ4n) is 1.25. The summed E-state index contributed by atoms with van der Waals surface area (Å²) >= 11 is 0. The summed E-state index contributed by atoms with van der Waals surface area (Å²) in [5.41, 5.74) is 0. The highest BCUT2D eigenvalue weighted by Gasteiger charge is 2.11. The zero-order valence-electron chi connectivity index (χ0n) is 9.53. The smallest absolute Gasteiger partial charge is 0.373 e. The van der Waals surface area contributed by atoms with E-state index in [0.717, 1.165) is 0 Å². The Hall–Kier alpha value is -1.33. The van der Waals surface area contributed by atoms with Gasteiger partial charge in [-0.3, -0.25) is 0 Å². The lowest BCUT2D eigenvalue weighted by molar-refractivity contribution is 0.0563. The second-order valence-corrected chi connectivity index (χ2v) is 3.55. The Balaban J connectivity index is 2.43. The maximum atomic E-state index is 11.1. The number of furan rings is 1. The number of nitrogens with one attached hydrogen (secondary N) is 1. The molecule has 0 saturated carbocycles. The van der Waals surface area contributed by atoms with Gasteiger partial charge in [0.15, 0.2) is 0 Å². The molecule has 2 N–H and O–H groups in total. The third kappa shape index (κ3) is 3.67. The Labute approximate surface area is 94.4 Å². The highest BCUT2D eigenvalue weighted by atomic mass is 16.5. The molecule has 0 radical (unpaired) electrons. The molecule has 0 aromatic carbocycles. The van der Waals surface area contributed by atoms with E-state index in [9.17, 15) is 4.79 Å². The van der Waals surface area contributed by atoms with E-state index >= 15 is 0 Å². The van der Waals surface area contributed by atoms with Gasteiger partial charge in [0.25, 0.3) is 0 Å². The normalized spacial score (nSPS) is 12.4. The van der Waals surface area contributed by atoms with Gasteiger partial charge in [0.2, 0.25) is 5.76 Å². The third-order valence-corrected chi connectivity index (χ3v) is 2.24. The van der Waals surface area contributed by atoms with Crippen molar-refractivity contribution < 1.29 is 19.1 Å². The van der Waals surface area contributed by atoms with E-state index < -0.39 is 5.97 Å². The van der Waals surface area contributed by atoms with Crippen molar-refractivity contribution in [2.45, 2.75) is 25.9 Å². The molecule has 1 atom stereocenters. The standard InChI is InChI=1S/C11H17NO4/c1-8(5-6-13)12-7-9-3-4-10(16-9)11(14)15-2/h3-4,8,12-13H,5-7H2,1-2H3/t8-/m1/s1. The van der Waals surface area contributed by atoms with Crippen LogP contribution in [0.25, 0.3) is 0 Å². The molecule has 90 valence electrons. The summed E-state index contributed by atoms with van der Waals surface area (Å²) in [6.07, 6.45) is 0.685. The Morgan fingerprint density at radius 3 is 3.00 bits per heavy atom. The van der Waals surface area contributed by atoms with Crippen molar-refractivity contribution in [2.24, 2.45) is 0 Å². The molecule has 5 heteroatoms. The molecule has 1 aromatic rings. The number of rotatable bonds is 6. The molecule has 0 aliphatic rings. The van der Waals surface area contributed by atoms with Crippen molar-refractivity contribution in [3.8, 4) is 0 Å². The largest absolute Gasteiger partial charge is 0.463 e. The van der Waals surface area contributed by atoms with Gasteiger partial charge in [-0.15, -0.1) is 0 Å². The van der Waals surface area contributed by atoms with Gasteiger partial charge < -0.3 is 19.6 Å². The summed E-state index contributed by atoms with van der Waals surface area (Å²) in [6, 6.07) is 3.52. The SMILES string of the molecule is COC(=O)c1ccc(CN[C@H](C)CCO)o1. The van der Waals surface area contributed by atoms with Crippen LogP contribution in [-0.2, 0) is 11.3 Å². The lowest BCUT2D eigenvalue weighted by atomic mass is 10.2.